The van der Waals surface area contributed by atoms with Gasteiger partial charge in [-0.25, -0.2) is 4.98 Å². The number of H-pyrrole nitrogens is 1. The summed E-state index contributed by atoms with van der Waals surface area (Å²) in [5, 5.41) is 10.9. The van der Waals surface area contributed by atoms with Crippen LogP contribution in [0.25, 0.3) is 21.0 Å². The van der Waals surface area contributed by atoms with Gasteiger partial charge in [-0.2, -0.15) is 0 Å². The molecule has 4 heterocycles. The Bertz CT molecular complexity index is 1110. The van der Waals surface area contributed by atoms with Crippen molar-refractivity contribution in [1.82, 2.24) is 20.2 Å². The van der Waals surface area contributed by atoms with Crippen LogP contribution >= 0.6 is 34.4 Å². The Labute approximate surface area is 161 Å². The zero-order chi connectivity index (χ0) is 18.3. The van der Waals surface area contributed by atoms with Gasteiger partial charge in [0.25, 0.3) is 11.4 Å². The van der Waals surface area contributed by atoms with E-state index in [4.69, 9.17) is 4.42 Å². The molecule has 1 atom stereocenters. The lowest BCUT2D eigenvalue weighted by atomic mass is 10.2. The summed E-state index contributed by atoms with van der Waals surface area (Å²) >= 11 is 4.73. The summed E-state index contributed by atoms with van der Waals surface area (Å²) in [5.74, 6) is 2.35. The first-order valence-electron chi connectivity index (χ1n) is 8.00. The fourth-order valence-electron chi connectivity index (χ4n) is 2.54. The number of rotatable bonds is 5. The van der Waals surface area contributed by atoms with Gasteiger partial charge in [-0.05, 0) is 37.8 Å². The second-order valence-corrected chi connectivity index (χ2v) is 9.33. The highest BCUT2D eigenvalue weighted by molar-refractivity contribution is 7.98. The number of aromatic nitrogens is 4. The topological polar surface area (TPSA) is 84.7 Å². The quantitative estimate of drug-likeness (QED) is 0.519. The van der Waals surface area contributed by atoms with E-state index < -0.39 is 0 Å². The first-order valence-corrected chi connectivity index (χ1v) is 10.7. The molecule has 0 spiro atoms. The van der Waals surface area contributed by atoms with Crippen LogP contribution in [-0.2, 0) is 5.75 Å². The van der Waals surface area contributed by atoms with Crippen molar-refractivity contribution in [2.75, 3.05) is 0 Å². The minimum absolute atomic E-state index is 0.00372. The summed E-state index contributed by atoms with van der Waals surface area (Å²) < 4.78 is 5.77. The zero-order valence-corrected chi connectivity index (χ0v) is 16.8. The smallest absolute Gasteiger partial charge is 0.259 e. The number of thioether (sulfide) groups is 1. The number of aryl methyl sites for hydroxylation is 2. The molecule has 0 bridgehead atoms. The van der Waals surface area contributed by atoms with E-state index in [0.29, 0.717) is 28.7 Å². The van der Waals surface area contributed by atoms with E-state index in [1.807, 2.05) is 38.3 Å². The second kappa shape index (κ2) is 6.98. The molecule has 134 valence electrons. The molecule has 4 aromatic rings. The normalized spacial score (nSPS) is 12.7. The molecular formula is C17H16N4O2S3. The molecule has 4 rings (SSSR count). The average molecular weight is 405 g/mol. The summed E-state index contributed by atoms with van der Waals surface area (Å²) in [7, 11) is 0. The lowest BCUT2D eigenvalue weighted by molar-refractivity contribution is 0.510. The Hall–Kier alpha value is -1.97. The third-order valence-corrected chi connectivity index (χ3v) is 7.18. The molecule has 0 aliphatic heterocycles. The van der Waals surface area contributed by atoms with Crippen LogP contribution in [0.3, 0.4) is 0 Å². The summed E-state index contributed by atoms with van der Waals surface area (Å²) in [6.07, 6.45) is 0. The second-order valence-electron chi connectivity index (χ2n) is 5.85. The molecule has 0 radical (unpaired) electrons. The molecule has 0 aromatic carbocycles. The van der Waals surface area contributed by atoms with Gasteiger partial charge in [-0.3, -0.25) is 4.79 Å². The Morgan fingerprint density at radius 2 is 2.19 bits per heavy atom. The highest BCUT2D eigenvalue weighted by Crippen LogP contribution is 2.33. The van der Waals surface area contributed by atoms with E-state index in [1.165, 1.54) is 0 Å². The van der Waals surface area contributed by atoms with Gasteiger partial charge in [-0.15, -0.1) is 44.6 Å². The average Bonchev–Trinajstić information content (AvgIpc) is 3.33. The lowest BCUT2D eigenvalue weighted by Crippen LogP contribution is -2.11. The van der Waals surface area contributed by atoms with Gasteiger partial charge in [0.2, 0.25) is 5.89 Å². The summed E-state index contributed by atoms with van der Waals surface area (Å²) in [5.41, 5.74) is 0.941. The Kier molecular flexibility index (Phi) is 4.68. The SMILES string of the molecule is Cc1sc2nc(CS[C@H](C)c3nnc(-c4cccs4)o3)[nH]c(=O)c2c1C. The predicted octanol–water partition coefficient (Wildman–Crippen LogP) is 4.71. The molecule has 1 N–H and O–H groups in total. The van der Waals surface area contributed by atoms with E-state index in [9.17, 15) is 4.79 Å². The van der Waals surface area contributed by atoms with Crippen molar-refractivity contribution >= 4 is 44.7 Å². The molecular weight excluding hydrogens is 388 g/mol. The number of nitrogens with zero attached hydrogens (tertiary/aromatic N) is 3. The molecule has 9 heteroatoms. The highest BCUT2D eigenvalue weighted by Gasteiger charge is 2.17. The van der Waals surface area contributed by atoms with E-state index in [1.54, 1.807) is 34.4 Å². The maximum absolute atomic E-state index is 12.3. The third kappa shape index (κ3) is 3.22. The molecule has 0 saturated carbocycles. The van der Waals surface area contributed by atoms with Crippen molar-refractivity contribution in [2.24, 2.45) is 0 Å². The van der Waals surface area contributed by atoms with Crippen molar-refractivity contribution in [3.8, 4) is 10.8 Å². The van der Waals surface area contributed by atoms with Gasteiger partial charge >= 0.3 is 0 Å². The monoisotopic (exact) mass is 404 g/mol. The van der Waals surface area contributed by atoms with Crippen LogP contribution in [0, 0.1) is 13.8 Å². The highest BCUT2D eigenvalue weighted by atomic mass is 32.2. The maximum atomic E-state index is 12.3. The molecule has 0 aliphatic rings. The minimum atomic E-state index is -0.0714. The number of fused-ring (bicyclic) bond motifs is 1. The fraction of sp³-hybridized carbons (Fsp3) is 0.294. The molecule has 0 unspecified atom stereocenters. The van der Waals surface area contributed by atoms with Crippen LogP contribution in [0.1, 0.15) is 34.3 Å². The van der Waals surface area contributed by atoms with Gasteiger partial charge in [0.05, 0.1) is 21.3 Å². The molecule has 4 aromatic heterocycles. The number of hydrogen-bond donors (Lipinski definition) is 1. The summed E-state index contributed by atoms with van der Waals surface area (Å²) in [6.45, 7) is 5.98. The molecule has 0 saturated heterocycles. The van der Waals surface area contributed by atoms with Crippen molar-refractivity contribution in [2.45, 2.75) is 31.8 Å². The largest absolute Gasteiger partial charge is 0.419 e. The lowest BCUT2D eigenvalue weighted by Gasteiger charge is -2.06. The fourth-order valence-corrected chi connectivity index (χ4v) is 5.02. The van der Waals surface area contributed by atoms with E-state index in [0.717, 1.165) is 20.1 Å². The van der Waals surface area contributed by atoms with Crippen molar-refractivity contribution in [1.29, 1.82) is 0 Å². The van der Waals surface area contributed by atoms with Crippen molar-refractivity contribution in [3.63, 3.8) is 0 Å². The summed E-state index contributed by atoms with van der Waals surface area (Å²) in [4.78, 5) is 22.7. The minimum Gasteiger partial charge on any atom is -0.419 e. The van der Waals surface area contributed by atoms with Gasteiger partial charge in [0, 0.05) is 4.88 Å². The van der Waals surface area contributed by atoms with E-state index >= 15 is 0 Å². The van der Waals surface area contributed by atoms with Crippen LogP contribution < -0.4 is 5.56 Å². The summed E-state index contributed by atoms with van der Waals surface area (Å²) in [6, 6.07) is 3.91. The first-order chi connectivity index (χ1) is 12.5. The number of nitrogens with one attached hydrogen (secondary N) is 1. The maximum Gasteiger partial charge on any atom is 0.259 e. The number of aromatic amines is 1. The van der Waals surface area contributed by atoms with Gasteiger partial charge in [-0.1, -0.05) is 6.07 Å². The van der Waals surface area contributed by atoms with Crippen LogP contribution in [-0.4, -0.2) is 20.2 Å². The van der Waals surface area contributed by atoms with E-state index in [-0.39, 0.29) is 10.8 Å². The Balaban J connectivity index is 1.50. The van der Waals surface area contributed by atoms with Gasteiger partial charge < -0.3 is 9.40 Å². The molecule has 0 amide bonds. The number of thiophene rings is 2. The molecule has 6 nitrogen and oxygen atoms in total. The molecule has 26 heavy (non-hydrogen) atoms. The van der Waals surface area contributed by atoms with Crippen LogP contribution in [0.5, 0.6) is 0 Å². The zero-order valence-electron chi connectivity index (χ0n) is 14.4. The molecule has 0 fully saturated rings. The van der Waals surface area contributed by atoms with Crippen molar-refractivity contribution < 1.29 is 4.42 Å². The van der Waals surface area contributed by atoms with Crippen LogP contribution in [0.15, 0.2) is 26.7 Å². The van der Waals surface area contributed by atoms with Crippen molar-refractivity contribution in [3.05, 3.63) is 50.0 Å². The van der Waals surface area contributed by atoms with Gasteiger partial charge in [0.15, 0.2) is 0 Å². The predicted molar refractivity (Wildman–Crippen MR) is 107 cm³/mol. The third-order valence-electron chi connectivity index (χ3n) is 4.08. The van der Waals surface area contributed by atoms with E-state index in [2.05, 4.69) is 20.2 Å². The Morgan fingerprint density at radius 1 is 1.35 bits per heavy atom. The standard InChI is InChI=1S/C17H16N4O2S3/c1-8-9(2)26-17-13(8)14(22)18-12(19-17)7-25-10(3)15-20-21-16(23-15)11-5-4-6-24-11/h4-6,10H,7H2,1-3H3,(H,18,19,22)/t10-/m1/s1. The number of hydrogen-bond acceptors (Lipinski definition) is 8. The Morgan fingerprint density at radius 3 is 2.96 bits per heavy atom. The van der Waals surface area contributed by atoms with Crippen LogP contribution in [0.2, 0.25) is 0 Å². The van der Waals surface area contributed by atoms with Gasteiger partial charge in [0.1, 0.15) is 10.7 Å². The molecule has 0 aliphatic carbocycles. The first kappa shape index (κ1) is 17.4. The van der Waals surface area contributed by atoms with Crippen LogP contribution in [0.4, 0.5) is 0 Å².